The Hall–Kier alpha value is -3.37. The number of para-hydroxylation sites is 1. The molecule has 3 aromatic carbocycles. The van der Waals surface area contributed by atoms with Gasteiger partial charge in [0.25, 0.3) is 5.91 Å². The van der Waals surface area contributed by atoms with Gasteiger partial charge in [-0.3, -0.25) is 4.79 Å². The van der Waals surface area contributed by atoms with Crippen LogP contribution in [0.2, 0.25) is 0 Å². The Labute approximate surface area is 291 Å². The number of nitrogens with one attached hydrogen (secondary N) is 1. The molecular weight excluding hydrogens is 680 g/mol. The number of carbonyl (C=O) groups excluding carboxylic acids is 2. The molecule has 10 heteroatoms. The van der Waals surface area contributed by atoms with Gasteiger partial charge >= 0.3 is 5.97 Å². The van der Waals surface area contributed by atoms with Gasteiger partial charge in [0.15, 0.2) is 22.5 Å². The van der Waals surface area contributed by atoms with Gasteiger partial charge < -0.3 is 19.7 Å². The average Bonchev–Trinajstić information content (AvgIpc) is 3.20. The van der Waals surface area contributed by atoms with Crippen molar-refractivity contribution in [2.24, 2.45) is 5.92 Å². The summed E-state index contributed by atoms with van der Waals surface area (Å²) in [5.41, 5.74) is 2.03. The van der Waals surface area contributed by atoms with Crippen molar-refractivity contribution >= 4 is 49.0 Å². The van der Waals surface area contributed by atoms with Gasteiger partial charge in [0.2, 0.25) is 0 Å². The van der Waals surface area contributed by atoms with Crippen LogP contribution < -0.4 is 15.0 Å². The number of esters is 1. The predicted molar refractivity (Wildman–Crippen MR) is 196 cm³/mol. The summed E-state index contributed by atoms with van der Waals surface area (Å²) < 4.78 is 38.4. The lowest BCUT2D eigenvalue weighted by Gasteiger charge is -2.28. The number of methoxy groups -OCH3 is 1. The molecule has 1 aliphatic rings. The average molecular weight is 734 g/mol. The largest absolute Gasteiger partial charge is 0.483 e. The van der Waals surface area contributed by atoms with Crippen LogP contribution in [-0.4, -0.2) is 46.3 Å². The van der Waals surface area contributed by atoms with Crippen molar-refractivity contribution in [1.82, 2.24) is 5.32 Å². The number of ether oxygens (including phenoxy) is 2. The fourth-order valence-electron chi connectivity index (χ4n) is 4.81. The van der Waals surface area contributed by atoms with Gasteiger partial charge in [0, 0.05) is 18.3 Å². The van der Waals surface area contributed by atoms with Crippen molar-refractivity contribution in [3.8, 4) is 5.75 Å². The molecule has 4 rings (SSSR count). The van der Waals surface area contributed by atoms with Crippen molar-refractivity contribution in [2.75, 3.05) is 30.9 Å². The second kappa shape index (κ2) is 22.2. The first-order valence-electron chi connectivity index (χ1n) is 16.6. The molecular formula is C37H53BrN2O6S. The second-order valence-electron chi connectivity index (χ2n) is 10.4. The number of nitrogens with zero attached hydrogens (tertiary/aromatic N) is 1. The van der Waals surface area contributed by atoms with Crippen molar-refractivity contribution in [1.29, 1.82) is 0 Å². The molecule has 1 amide bonds. The lowest BCUT2D eigenvalue weighted by Crippen LogP contribution is -2.37. The summed E-state index contributed by atoms with van der Waals surface area (Å²) in [4.78, 5) is 27.3. The van der Waals surface area contributed by atoms with Crippen molar-refractivity contribution < 1.29 is 27.5 Å². The Bertz CT molecular complexity index is 1450. The highest BCUT2D eigenvalue weighted by molar-refractivity contribution is 9.10. The molecule has 1 heterocycles. The number of sulfone groups is 1. The molecule has 1 N–H and O–H groups in total. The number of amides is 1. The third kappa shape index (κ3) is 12.6. The third-order valence-corrected chi connectivity index (χ3v) is 9.33. The van der Waals surface area contributed by atoms with E-state index in [2.05, 4.69) is 42.0 Å². The van der Waals surface area contributed by atoms with Crippen LogP contribution in [0.5, 0.6) is 5.75 Å². The Morgan fingerprint density at radius 1 is 0.957 bits per heavy atom. The van der Waals surface area contributed by atoms with E-state index in [0.717, 1.165) is 24.9 Å². The first-order chi connectivity index (χ1) is 22.6. The van der Waals surface area contributed by atoms with Crippen molar-refractivity contribution in [2.45, 2.75) is 85.1 Å². The number of hydrogen-bond donors (Lipinski definition) is 1. The minimum absolute atomic E-state index is 0.0305. The minimum Gasteiger partial charge on any atom is -0.483 e. The molecule has 8 nitrogen and oxygen atoms in total. The SMILES string of the molecule is CC.CC.CCC.CCCCC1CN(c2ccccc2)c2cc(Br)c(OCC(=O)NC(C(=O)OC)c3ccccc3)cc2S(=O)(=O)C1. The van der Waals surface area contributed by atoms with E-state index in [0.29, 0.717) is 22.3 Å². The summed E-state index contributed by atoms with van der Waals surface area (Å²) in [5, 5.41) is 2.64. The lowest BCUT2D eigenvalue weighted by molar-refractivity contribution is -0.145. The number of rotatable bonds is 10. The van der Waals surface area contributed by atoms with Gasteiger partial charge in [-0.2, -0.15) is 0 Å². The standard InChI is InChI=1S/C30H33BrN2O6S.C3H8.2C2H6/c1-3-4-11-21-18-33(23-14-9-6-10-15-23)25-16-24(31)26(17-27(25)40(36,37)20-21)39-19-28(34)32-29(30(35)38-2)22-12-7-5-8-13-22;1-3-2;2*1-2/h5-10,12-17,21,29H,3-4,11,18-20H2,1-2H3,(H,32,34);3H2,1-2H3;2*1-2H3. The summed E-state index contributed by atoms with van der Waals surface area (Å²) >= 11 is 3.52. The zero-order valence-electron chi connectivity index (χ0n) is 29.2. The quantitative estimate of drug-likeness (QED) is 0.208. The molecule has 0 aliphatic carbocycles. The summed E-state index contributed by atoms with van der Waals surface area (Å²) in [7, 11) is -2.40. The number of fused-ring (bicyclic) bond motifs is 1. The number of hydrogen-bond acceptors (Lipinski definition) is 7. The topological polar surface area (TPSA) is 102 Å². The first-order valence-corrected chi connectivity index (χ1v) is 19.0. The molecule has 3 aromatic rings. The van der Waals surface area contributed by atoms with E-state index in [-0.39, 0.29) is 22.3 Å². The van der Waals surface area contributed by atoms with E-state index >= 15 is 0 Å². The van der Waals surface area contributed by atoms with Gasteiger partial charge in [0.1, 0.15) is 5.75 Å². The van der Waals surface area contributed by atoms with Crippen LogP contribution >= 0.6 is 15.9 Å². The molecule has 0 saturated carbocycles. The van der Waals surface area contributed by atoms with E-state index in [1.807, 2.05) is 62.9 Å². The van der Waals surface area contributed by atoms with Gasteiger partial charge in [-0.1, -0.05) is 116 Å². The maximum Gasteiger partial charge on any atom is 0.333 e. The van der Waals surface area contributed by atoms with E-state index in [1.165, 1.54) is 19.6 Å². The van der Waals surface area contributed by atoms with E-state index in [4.69, 9.17) is 9.47 Å². The first kappa shape index (κ1) is 41.7. The van der Waals surface area contributed by atoms with Gasteiger partial charge in [0.05, 0.1) is 27.9 Å². The van der Waals surface area contributed by atoms with E-state index < -0.39 is 34.4 Å². The maximum atomic E-state index is 13.6. The zero-order chi connectivity index (χ0) is 35.4. The van der Waals surface area contributed by atoms with Crippen LogP contribution in [0.3, 0.4) is 0 Å². The summed E-state index contributed by atoms with van der Waals surface area (Å²) in [6, 6.07) is 20.7. The molecule has 1 aliphatic heterocycles. The van der Waals surface area contributed by atoms with Gasteiger partial charge in [-0.15, -0.1) is 0 Å². The summed E-state index contributed by atoms with van der Waals surface area (Å²) in [6.07, 6.45) is 3.99. The van der Waals surface area contributed by atoms with Crippen LogP contribution in [0.1, 0.15) is 85.8 Å². The molecule has 0 saturated heterocycles. The van der Waals surface area contributed by atoms with Crippen LogP contribution in [0.25, 0.3) is 0 Å². The third-order valence-electron chi connectivity index (χ3n) is 6.80. The summed E-state index contributed by atoms with van der Waals surface area (Å²) in [5.74, 6) is -0.973. The smallest absolute Gasteiger partial charge is 0.333 e. The Kier molecular flexibility index (Phi) is 19.7. The van der Waals surface area contributed by atoms with E-state index in [1.54, 1.807) is 36.4 Å². The minimum atomic E-state index is -3.65. The molecule has 47 heavy (non-hydrogen) atoms. The fourth-order valence-corrected chi connectivity index (χ4v) is 7.10. The molecule has 260 valence electrons. The normalized spacial score (nSPS) is 14.9. The molecule has 2 atom stereocenters. The Balaban J connectivity index is 0.00000146. The highest BCUT2D eigenvalue weighted by Gasteiger charge is 2.33. The Morgan fingerprint density at radius 3 is 2.09 bits per heavy atom. The lowest BCUT2D eigenvalue weighted by atomic mass is 10.0. The number of unbranched alkanes of at least 4 members (excludes halogenated alkanes) is 1. The van der Waals surface area contributed by atoms with Gasteiger partial charge in [-0.05, 0) is 52.0 Å². The van der Waals surface area contributed by atoms with Crippen molar-refractivity contribution in [3.05, 3.63) is 82.8 Å². The highest BCUT2D eigenvalue weighted by atomic mass is 79.9. The number of benzene rings is 3. The molecule has 0 aromatic heterocycles. The summed E-state index contributed by atoms with van der Waals surface area (Å²) in [6.45, 7) is 14.5. The van der Waals surface area contributed by atoms with Crippen LogP contribution in [0.4, 0.5) is 11.4 Å². The van der Waals surface area contributed by atoms with Crippen molar-refractivity contribution in [3.63, 3.8) is 0 Å². The fraction of sp³-hybridized carbons (Fsp3) is 0.459. The van der Waals surface area contributed by atoms with E-state index in [9.17, 15) is 18.0 Å². The number of anilines is 2. The number of carbonyl (C=O) groups is 2. The Morgan fingerprint density at radius 2 is 1.53 bits per heavy atom. The molecule has 0 spiro atoms. The van der Waals surface area contributed by atoms with Crippen LogP contribution in [0.15, 0.2) is 82.2 Å². The molecule has 0 fully saturated rings. The zero-order valence-corrected chi connectivity index (χ0v) is 31.6. The highest BCUT2D eigenvalue weighted by Crippen LogP contribution is 2.42. The van der Waals surface area contributed by atoms with Crippen LogP contribution in [-0.2, 0) is 24.2 Å². The second-order valence-corrected chi connectivity index (χ2v) is 13.3. The number of halogens is 1. The van der Waals surface area contributed by atoms with Gasteiger partial charge in [-0.25, -0.2) is 13.2 Å². The predicted octanol–water partition coefficient (Wildman–Crippen LogP) is 9.06. The maximum absolute atomic E-state index is 13.6. The molecule has 0 radical (unpaired) electrons. The van der Waals surface area contributed by atoms with Crippen LogP contribution in [0, 0.1) is 5.92 Å². The molecule has 2 unspecified atom stereocenters. The molecule has 0 bridgehead atoms. The monoisotopic (exact) mass is 732 g/mol.